The van der Waals surface area contributed by atoms with Crippen LogP contribution in [0.2, 0.25) is 0 Å². The maximum absolute atomic E-state index is 13.8. The highest BCUT2D eigenvalue weighted by Crippen LogP contribution is 2.32. The summed E-state index contributed by atoms with van der Waals surface area (Å²) in [7, 11) is 0. The number of urea groups is 1. The molecular formula is C24H20FN7O. The highest BCUT2D eigenvalue weighted by Gasteiger charge is 2.15. The highest BCUT2D eigenvalue weighted by molar-refractivity contribution is 5.99. The Bertz CT molecular complexity index is 1330. The Balaban J connectivity index is 1.67. The van der Waals surface area contributed by atoms with Crippen molar-refractivity contribution in [3.63, 3.8) is 0 Å². The van der Waals surface area contributed by atoms with Crippen LogP contribution in [-0.2, 0) is 0 Å². The molecule has 0 saturated carbocycles. The molecule has 1 aromatic carbocycles. The quantitative estimate of drug-likeness (QED) is 0.304. The van der Waals surface area contributed by atoms with Gasteiger partial charge >= 0.3 is 6.03 Å². The maximum atomic E-state index is 13.8. The van der Waals surface area contributed by atoms with E-state index in [2.05, 4.69) is 30.6 Å². The van der Waals surface area contributed by atoms with Crippen LogP contribution in [0, 0.1) is 18.2 Å². The summed E-state index contributed by atoms with van der Waals surface area (Å²) in [5, 5.41) is 12.6. The standard InChI is InChI=1S/C24H20FN7O/c1-15-12-16(6-7-19(15)25)22-23(31-20(30-22)5-2-9-26)17-8-11-28-21(13-17)32-24(33)29-18-4-3-10-27-14-18/h2-14,26H,1H3,(H,30,31)(H2,28,29,32,33)/b5-2-,26-9?. The average Bonchev–Trinajstić information content (AvgIpc) is 3.24. The van der Waals surface area contributed by atoms with Gasteiger partial charge in [-0.25, -0.2) is 19.2 Å². The predicted molar refractivity (Wildman–Crippen MR) is 127 cm³/mol. The third-order valence-corrected chi connectivity index (χ3v) is 4.71. The molecule has 0 spiro atoms. The first-order valence-electron chi connectivity index (χ1n) is 10.0. The number of halogens is 1. The minimum Gasteiger partial charge on any atom is -0.338 e. The number of rotatable bonds is 6. The van der Waals surface area contributed by atoms with Crippen LogP contribution in [0.5, 0.6) is 0 Å². The number of carbonyl (C=O) groups is 1. The molecule has 0 atom stereocenters. The summed E-state index contributed by atoms with van der Waals surface area (Å²) in [6.07, 6.45) is 9.09. The molecule has 0 bridgehead atoms. The van der Waals surface area contributed by atoms with Crippen LogP contribution >= 0.6 is 0 Å². The van der Waals surface area contributed by atoms with Gasteiger partial charge in [0, 0.05) is 29.7 Å². The van der Waals surface area contributed by atoms with E-state index in [1.807, 2.05) is 0 Å². The van der Waals surface area contributed by atoms with E-state index in [0.717, 1.165) is 17.3 Å². The van der Waals surface area contributed by atoms with Crippen LogP contribution in [0.1, 0.15) is 11.4 Å². The number of aromatic nitrogens is 4. The van der Waals surface area contributed by atoms with Crippen LogP contribution in [0.3, 0.4) is 0 Å². The van der Waals surface area contributed by atoms with Gasteiger partial charge in [0.2, 0.25) is 0 Å². The van der Waals surface area contributed by atoms with E-state index in [-0.39, 0.29) is 5.82 Å². The van der Waals surface area contributed by atoms with Gasteiger partial charge in [0.1, 0.15) is 17.5 Å². The molecule has 9 heteroatoms. The molecule has 0 aliphatic rings. The van der Waals surface area contributed by atoms with Gasteiger partial charge in [-0.2, -0.15) is 0 Å². The van der Waals surface area contributed by atoms with Crippen molar-refractivity contribution in [2.24, 2.45) is 0 Å². The van der Waals surface area contributed by atoms with Gasteiger partial charge in [0.25, 0.3) is 0 Å². The summed E-state index contributed by atoms with van der Waals surface area (Å²) >= 11 is 0. The van der Waals surface area contributed by atoms with E-state index in [0.29, 0.717) is 34.3 Å². The molecule has 4 N–H and O–H groups in total. The van der Waals surface area contributed by atoms with E-state index in [1.165, 1.54) is 12.3 Å². The number of aryl methyl sites for hydroxylation is 1. The van der Waals surface area contributed by atoms with Crippen LogP contribution in [0.25, 0.3) is 28.6 Å². The molecule has 8 nitrogen and oxygen atoms in total. The molecule has 0 unspecified atom stereocenters. The van der Waals surface area contributed by atoms with Crippen molar-refractivity contribution >= 4 is 29.8 Å². The number of benzene rings is 1. The van der Waals surface area contributed by atoms with Crippen LogP contribution < -0.4 is 10.6 Å². The lowest BCUT2D eigenvalue weighted by Gasteiger charge is -2.09. The molecule has 0 aliphatic carbocycles. The van der Waals surface area contributed by atoms with E-state index in [9.17, 15) is 9.18 Å². The molecule has 0 aliphatic heterocycles. The van der Waals surface area contributed by atoms with Crippen molar-refractivity contribution in [1.29, 1.82) is 5.41 Å². The molecule has 0 saturated heterocycles. The number of pyridine rings is 2. The molecular weight excluding hydrogens is 421 g/mol. The molecule has 0 fully saturated rings. The fourth-order valence-corrected chi connectivity index (χ4v) is 3.19. The highest BCUT2D eigenvalue weighted by atomic mass is 19.1. The summed E-state index contributed by atoms with van der Waals surface area (Å²) < 4.78 is 13.8. The zero-order chi connectivity index (χ0) is 23.2. The van der Waals surface area contributed by atoms with Crippen LogP contribution in [0.15, 0.2) is 67.1 Å². The van der Waals surface area contributed by atoms with Crippen molar-refractivity contribution in [2.45, 2.75) is 6.92 Å². The van der Waals surface area contributed by atoms with E-state index in [1.54, 1.807) is 67.9 Å². The van der Waals surface area contributed by atoms with E-state index in [4.69, 9.17) is 5.41 Å². The van der Waals surface area contributed by atoms with Gasteiger partial charge in [-0.1, -0.05) is 0 Å². The minimum absolute atomic E-state index is 0.296. The fourth-order valence-electron chi connectivity index (χ4n) is 3.19. The zero-order valence-corrected chi connectivity index (χ0v) is 17.6. The number of nitrogens with one attached hydrogen (secondary N) is 4. The number of anilines is 2. The Labute approximate surface area is 189 Å². The van der Waals surface area contributed by atoms with Crippen molar-refractivity contribution < 1.29 is 9.18 Å². The molecule has 3 heterocycles. The number of aromatic amines is 1. The smallest absolute Gasteiger partial charge is 0.324 e. The fraction of sp³-hybridized carbons (Fsp3) is 0.0417. The van der Waals surface area contributed by atoms with Gasteiger partial charge in [0.15, 0.2) is 0 Å². The summed E-state index contributed by atoms with van der Waals surface area (Å²) in [6.45, 7) is 1.69. The molecule has 33 heavy (non-hydrogen) atoms. The molecule has 3 aromatic heterocycles. The van der Waals surface area contributed by atoms with E-state index >= 15 is 0 Å². The normalized spacial score (nSPS) is 10.8. The Kier molecular flexibility index (Phi) is 6.31. The number of amides is 2. The second kappa shape index (κ2) is 9.65. The van der Waals surface area contributed by atoms with Gasteiger partial charge in [0.05, 0.1) is 23.3 Å². The second-order valence-corrected chi connectivity index (χ2v) is 7.09. The first kappa shape index (κ1) is 21.6. The monoisotopic (exact) mass is 441 g/mol. The Morgan fingerprint density at radius 1 is 1.12 bits per heavy atom. The third kappa shape index (κ3) is 5.16. The topological polar surface area (TPSA) is 119 Å². The van der Waals surface area contributed by atoms with Crippen LogP contribution in [0.4, 0.5) is 20.7 Å². The predicted octanol–water partition coefficient (Wildman–Crippen LogP) is 5.29. The Morgan fingerprint density at radius 3 is 2.76 bits per heavy atom. The van der Waals surface area contributed by atoms with Crippen molar-refractivity contribution in [2.75, 3.05) is 10.6 Å². The summed E-state index contributed by atoms with van der Waals surface area (Å²) in [6, 6.07) is 11.3. The molecule has 0 radical (unpaired) electrons. The Morgan fingerprint density at radius 2 is 2.00 bits per heavy atom. The number of hydrogen-bond acceptors (Lipinski definition) is 5. The zero-order valence-electron chi connectivity index (χ0n) is 17.6. The summed E-state index contributed by atoms with van der Waals surface area (Å²) in [5.41, 5.74) is 3.79. The molecule has 4 rings (SSSR count). The molecule has 164 valence electrons. The summed E-state index contributed by atoms with van der Waals surface area (Å²) in [5.74, 6) is 0.571. The molecule has 4 aromatic rings. The van der Waals surface area contributed by atoms with Crippen molar-refractivity contribution in [3.8, 4) is 22.5 Å². The van der Waals surface area contributed by atoms with Gasteiger partial charge in [-0.15, -0.1) is 0 Å². The number of nitrogens with zero attached hydrogens (tertiary/aromatic N) is 3. The SMILES string of the molecule is Cc1cc(-c2nc(/C=C\C=N)[nH]c2-c2ccnc(NC(=O)Nc3cccnc3)c2)ccc1F. The number of carbonyl (C=O) groups excluding carboxylic acids is 1. The Hall–Kier alpha value is -4.66. The average molecular weight is 441 g/mol. The largest absolute Gasteiger partial charge is 0.338 e. The van der Waals surface area contributed by atoms with E-state index < -0.39 is 6.03 Å². The minimum atomic E-state index is -0.457. The number of imidazole rings is 1. The van der Waals surface area contributed by atoms with Crippen LogP contribution in [-0.4, -0.2) is 32.2 Å². The molecule has 2 amide bonds. The lowest BCUT2D eigenvalue weighted by atomic mass is 10.0. The number of allylic oxidation sites excluding steroid dienone is 1. The van der Waals surface area contributed by atoms with Gasteiger partial charge in [-0.3, -0.25) is 10.3 Å². The first-order valence-corrected chi connectivity index (χ1v) is 10.0. The van der Waals surface area contributed by atoms with Crippen molar-refractivity contribution in [3.05, 3.63) is 84.3 Å². The lowest BCUT2D eigenvalue weighted by Crippen LogP contribution is -2.20. The lowest BCUT2D eigenvalue weighted by molar-refractivity contribution is 0.262. The summed E-state index contributed by atoms with van der Waals surface area (Å²) in [4.78, 5) is 28.4. The van der Waals surface area contributed by atoms with Gasteiger partial charge in [-0.05, 0) is 67.1 Å². The second-order valence-electron chi connectivity index (χ2n) is 7.09. The maximum Gasteiger partial charge on any atom is 0.324 e. The number of H-pyrrole nitrogens is 1. The number of hydrogen-bond donors (Lipinski definition) is 4. The first-order chi connectivity index (χ1) is 16.0. The van der Waals surface area contributed by atoms with Crippen molar-refractivity contribution in [1.82, 2.24) is 19.9 Å². The third-order valence-electron chi connectivity index (χ3n) is 4.71. The van der Waals surface area contributed by atoms with Gasteiger partial charge < -0.3 is 15.7 Å².